The smallest absolute Gasteiger partial charge is 0.244 e. The number of nitrogens with one attached hydrogen (secondary N) is 1. The number of amides is 2. The van der Waals surface area contributed by atoms with Gasteiger partial charge in [0.25, 0.3) is 0 Å². The molecular formula is C30H35BrClN3O5S. The number of nitrogens with zero attached hydrogens (tertiary/aromatic N) is 2. The monoisotopic (exact) mass is 663 g/mol. The molecule has 3 aromatic carbocycles. The number of carbonyl (C=O) groups excluding carboxylic acids is 2. The fraction of sp³-hybridized carbons (Fsp3) is 0.333. The van der Waals surface area contributed by atoms with Gasteiger partial charge in [0.1, 0.15) is 18.3 Å². The van der Waals surface area contributed by atoms with E-state index in [1.54, 1.807) is 12.1 Å². The van der Waals surface area contributed by atoms with E-state index < -0.39 is 28.5 Å². The van der Waals surface area contributed by atoms with Gasteiger partial charge in [-0.1, -0.05) is 83.3 Å². The predicted octanol–water partition coefficient (Wildman–Crippen LogP) is 5.43. The van der Waals surface area contributed by atoms with Gasteiger partial charge in [0.15, 0.2) is 0 Å². The largest absolute Gasteiger partial charge is 0.495 e. The molecule has 220 valence electrons. The Morgan fingerprint density at radius 2 is 1.73 bits per heavy atom. The lowest BCUT2D eigenvalue weighted by Gasteiger charge is -2.33. The standard InChI is InChI=1S/C30H35BrClN3O5S/c1-4-5-16-33-30(37)27(18-22-10-7-6-8-11-22)34(20-23-12-9-13-24(31)17-23)29(36)21-35(41(3,38)39)26-19-25(32)14-15-28(26)40-2/h6-15,17,19,27H,4-5,16,18,20-21H2,1-3H3,(H,33,37)/t27-/m1/s1. The summed E-state index contributed by atoms with van der Waals surface area (Å²) >= 11 is 9.68. The number of benzene rings is 3. The maximum atomic E-state index is 14.2. The van der Waals surface area contributed by atoms with E-state index >= 15 is 0 Å². The van der Waals surface area contributed by atoms with Crippen molar-refractivity contribution in [3.05, 3.63) is 93.4 Å². The maximum absolute atomic E-state index is 14.2. The Balaban J connectivity index is 2.08. The Morgan fingerprint density at radius 1 is 1.02 bits per heavy atom. The molecule has 0 aliphatic rings. The van der Waals surface area contributed by atoms with Crippen LogP contribution in [0.25, 0.3) is 0 Å². The molecule has 0 saturated carbocycles. The van der Waals surface area contributed by atoms with Crippen LogP contribution in [-0.2, 0) is 32.6 Å². The molecule has 0 spiro atoms. The fourth-order valence-electron chi connectivity index (χ4n) is 4.34. The van der Waals surface area contributed by atoms with E-state index in [-0.39, 0.29) is 35.3 Å². The molecule has 0 aromatic heterocycles. The van der Waals surface area contributed by atoms with E-state index in [2.05, 4.69) is 21.2 Å². The van der Waals surface area contributed by atoms with Gasteiger partial charge < -0.3 is 15.0 Å². The van der Waals surface area contributed by atoms with Crippen molar-refractivity contribution in [3.63, 3.8) is 0 Å². The first-order valence-corrected chi connectivity index (χ1v) is 16.2. The van der Waals surface area contributed by atoms with Gasteiger partial charge in [0.2, 0.25) is 21.8 Å². The number of hydrogen-bond acceptors (Lipinski definition) is 5. The molecule has 0 aliphatic carbocycles. The number of unbranched alkanes of at least 4 members (excludes halogenated alkanes) is 1. The minimum absolute atomic E-state index is 0.0846. The van der Waals surface area contributed by atoms with Crippen molar-refractivity contribution in [1.82, 2.24) is 10.2 Å². The third-order valence-electron chi connectivity index (χ3n) is 6.43. The van der Waals surface area contributed by atoms with Gasteiger partial charge in [-0.25, -0.2) is 8.42 Å². The molecule has 0 bridgehead atoms. The first kappa shape index (κ1) is 32.4. The van der Waals surface area contributed by atoms with Crippen LogP contribution in [0.3, 0.4) is 0 Å². The van der Waals surface area contributed by atoms with Crippen LogP contribution in [0.2, 0.25) is 5.02 Å². The van der Waals surface area contributed by atoms with Gasteiger partial charge in [0, 0.05) is 29.0 Å². The lowest BCUT2D eigenvalue weighted by Crippen LogP contribution is -2.53. The molecule has 0 fully saturated rings. The average Bonchev–Trinajstić information content (AvgIpc) is 2.93. The highest BCUT2D eigenvalue weighted by atomic mass is 79.9. The summed E-state index contributed by atoms with van der Waals surface area (Å²) in [5.41, 5.74) is 1.77. The van der Waals surface area contributed by atoms with E-state index in [9.17, 15) is 18.0 Å². The Labute approximate surface area is 255 Å². The van der Waals surface area contributed by atoms with E-state index in [1.165, 1.54) is 18.1 Å². The van der Waals surface area contributed by atoms with Gasteiger partial charge in [-0.15, -0.1) is 0 Å². The number of ether oxygens (including phenoxy) is 1. The molecular weight excluding hydrogens is 630 g/mol. The maximum Gasteiger partial charge on any atom is 0.244 e. The highest BCUT2D eigenvalue weighted by Crippen LogP contribution is 2.33. The third-order valence-corrected chi connectivity index (χ3v) is 8.29. The van der Waals surface area contributed by atoms with Gasteiger partial charge in [-0.3, -0.25) is 13.9 Å². The first-order valence-electron chi connectivity index (χ1n) is 13.2. The number of anilines is 1. The molecule has 2 amide bonds. The number of halogens is 2. The van der Waals surface area contributed by atoms with Crippen LogP contribution in [0, 0.1) is 0 Å². The van der Waals surface area contributed by atoms with Crippen molar-refractivity contribution >= 4 is 55.1 Å². The topological polar surface area (TPSA) is 96.0 Å². The van der Waals surface area contributed by atoms with Crippen LogP contribution < -0.4 is 14.4 Å². The molecule has 0 heterocycles. The zero-order chi connectivity index (χ0) is 30.0. The molecule has 3 aromatic rings. The SMILES string of the molecule is CCCCNC(=O)[C@@H](Cc1ccccc1)N(Cc1cccc(Br)c1)C(=O)CN(c1cc(Cl)ccc1OC)S(C)(=O)=O. The summed E-state index contributed by atoms with van der Waals surface area (Å²) in [4.78, 5) is 29.3. The van der Waals surface area contributed by atoms with Gasteiger partial charge >= 0.3 is 0 Å². The van der Waals surface area contributed by atoms with Crippen molar-refractivity contribution in [2.24, 2.45) is 0 Å². The van der Waals surface area contributed by atoms with Crippen molar-refractivity contribution in [1.29, 1.82) is 0 Å². The molecule has 1 atom stereocenters. The summed E-state index contributed by atoms with van der Waals surface area (Å²) in [6, 6.07) is 20.5. The summed E-state index contributed by atoms with van der Waals surface area (Å²) in [5, 5.41) is 3.25. The Hall–Kier alpha value is -3.08. The van der Waals surface area contributed by atoms with E-state index in [4.69, 9.17) is 16.3 Å². The van der Waals surface area contributed by atoms with Crippen LogP contribution in [0.4, 0.5) is 5.69 Å². The van der Waals surface area contributed by atoms with Gasteiger partial charge in [-0.2, -0.15) is 0 Å². The van der Waals surface area contributed by atoms with Crippen molar-refractivity contribution in [2.75, 3.05) is 30.8 Å². The molecule has 41 heavy (non-hydrogen) atoms. The van der Waals surface area contributed by atoms with Crippen molar-refractivity contribution < 1.29 is 22.7 Å². The lowest BCUT2D eigenvalue weighted by molar-refractivity contribution is -0.140. The zero-order valence-corrected chi connectivity index (χ0v) is 26.5. The molecule has 3 rings (SSSR count). The molecule has 0 unspecified atom stereocenters. The number of methoxy groups -OCH3 is 1. The quantitative estimate of drug-likeness (QED) is 0.232. The number of rotatable bonds is 14. The highest BCUT2D eigenvalue weighted by Gasteiger charge is 2.33. The number of sulfonamides is 1. The second kappa shape index (κ2) is 15.2. The van der Waals surface area contributed by atoms with Crippen molar-refractivity contribution in [3.8, 4) is 5.75 Å². The Morgan fingerprint density at radius 3 is 2.37 bits per heavy atom. The second-order valence-electron chi connectivity index (χ2n) is 9.59. The summed E-state index contributed by atoms with van der Waals surface area (Å²) < 4.78 is 33.2. The summed E-state index contributed by atoms with van der Waals surface area (Å²) in [7, 11) is -2.55. The molecule has 0 aliphatic heterocycles. The van der Waals surface area contributed by atoms with Crippen molar-refractivity contribution in [2.45, 2.75) is 38.8 Å². The van der Waals surface area contributed by atoms with Crippen LogP contribution in [0.5, 0.6) is 5.75 Å². The highest BCUT2D eigenvalue weighted by molar-refractivity contribution is 9.10. The van der Waals surface area contributed by atoms with E-state index in [0.29, 0.717) is 6.54 Å². The summed E-state index contributed by atoms with van der Waals surface area (Å²) in [6.45, 7) is 2.02. The zero-order valence-electron chi connectivity index (χ0n) is 23.3. The second-order valence-corrected chi connectivity index (χ2v) is 12.8. The van der Waals surface area contributed by atoms with Gasteiger partial charge in [-0.05, 0) is 47.9 Å². The van der Waals surface area contributed by atoms with Crippen LogP contribution >= 0.6 is 27.5 Å². The third kappa shape index (κ3) is 9.48. The Bertz CT molecular complexity index is 1440. The normalized spacial score (nSPS) is 11.9. The summed E-state index contributed by atoms with van der Waals surface area (Å²) in [5.74, 6) is -0.620. The van der Waals surface area contributed by atoms with E-state index in [1.807, 2.05) is 61.5 Å². The molecule has 0 radical (unpaired) electrons. The van der Waals surface area contributed by atoms with Crippen LogP contribution in [0.15, 0.2) is 77.3 Å². The summed E-state index contributed by atoms with van der Waals surface area (Å²) in [6.07, 6.45) is 2.95. The fourth-order valence-corrected chi connectivity index (χ4v) is 5.80. The van der Waals surface area contributed by atoms with Crippen LogP contribution in [0.1, 0.15) is 30.9 Å². The number of carbonyl (C=O) groups is 2. The van der Waals surface area contributed by atoms with Gasteiger partial charge in [0.05, 0.1) is 19.1 Å². The molecule has 0 saturated heterocycles. The lowest BCUT2D eigenvalue weighted by atomic mass is 10.0. The number of hydrogen-bond donors (Lipinski definition) is 1. The minimum Gasteiger partial charge on any atom is -0.495 e. The molecule has 8 nitrogen and oxygen atoms in total. The average molecular weight is 665 g/mol. The van der Waals surface area contributed by atoms with E-state index in [0.717, 1.165) is 39.0 Å². The Kier molecular flexibility index (Phi) is 12.1. The minimum atomic E-state index is -3.96. The first-order chi connectivity index (χ1) is 19.5. The van der Waals surface area contributed by atoms with Crippen LogP contribution in [-0.4, -0.2) is 57.6 Å². The molecule has 1 N–H and O–H groups in total. The predicted molar refractivity (Wildman–Crippen MR) is 167 cm³/mol. The molecule has 11 heteroatoms.